The van der Waals surface area contributed by atoms with E-state index >= 15 is 0 Å². The van der Waals surface area contributed by atoms with Crippen molar-refractivity contribution in [2.75, 3.05) is 0 Å². The van der Waals surface area contributed by atoms with Crippen molar-refractivity contribution in [3.05, 3.63) is 106 Å². The van der Waals surface area contributed by atoms with Gasteiger partial charge in [-0.05, 0) is 78.9 Å². The minimum atomic E-state index is -0.293. The molecule has 0 aliphatic heterocycles. The van der Waals surface area contributed by atoms with Gasteiger partial charge in [0.05, 0.1) is 5.56 Å². The van der Waals surface area contributed by atoms with E-state index in [0.717, 1.165) is 47.9 Å². The Kier molecular flexibility index (Phi) is 8.65. The first kappa shape index (κ1) is 23.3. The molecule has 3 rings (SSSR count). The molecule has 0 atom stereocenters. The van der Waals surface area contributed by atoms with Crippen LogP contribution in [0.2, 0.25) is 0 Å². The number of rotatable bonds is 6. The highest BCUT2D eigenvalue weighted by Crippen LogP contribution is 2.14. The van der Waals surface area contributed by atoms with Gasteiger partial charge in [-0.2, -0.15) is 0 Å². The number of halogens is 2. The molecule has 2 heteroatoms. The van der Waals surface area contributed by atoms with Crippen LogP contribution < -0.4 is 0 Å². The van der Waals surface area contributed by atoms with Crippen molar-refractivity contribution in [1.82, 2.24) is 0 Å². The summed E-state index contributed by atoms with van der Waals surface area (Å²) < 4.78 is 28.4. The number of hydrogen-bond donors (Lipinski definition) is 0. The van der Waals surface area contributed by atoms with E-state index in [9.17, 15) is 8.78 Å². The molecule has 0 bridgehead atoms. The summed E-state index contributed by atoms with van der Waals surface area (Å²) in [4.78, 5) is 0. The monoisotopic (exact) mass is 426 g/mol. The van der Waals surface area contributed by atoms with Crippen molar-refractivity contribution in [3.8, 4) is 23.7 Å². The Labute approximate surface area is 190 Å². The Morgan fingerprint density at radius 1 is 0.625 bits per heavy atom. The molecule has 0 spiro atoms. The van der Waals surface area contributed by atoms with E-state index in [1.807, 2.05) is 49.4 Å². The van der Waals surface area contributed by atoms with Crippen LogP contribution in [0.3, 0.4) is 0 Å². The van der Waals surface area contributed by atoms with Crippen molar-refractivity contribution in [3.63, 3.8) is 0 Å². The Bertz CT molecular complexity index is 1170. The van der Waals surface area contributed by atoms with E-state index in [1.54, 1.807) is 6.07 Å². The molecule has 0 saturated heterocycles. The standard InChI is InChI=1S/C30H28F2/c1-3-5-6-7-8-27-20-17-26(22-30(27)32)14-13-24-9-11-25(12-10-24)16-19-28-18-15-23(4-2)21-29(28)31/h9-12,15,17-18,20-22H,3-8H2,1-2H3. The Morgan fingerprint density at radius 2 is 1.28 bits per heavy atom. The molecule has 0 aliphatic rings. The minimum absolute atomic E-state index is 0.182. The predicted molar refractivity (Wildman–Crippen MR) is 128 cm³/mol. The zero-order valence-corrected chi connectivity index (χ0v) is 18.8. The maximum Gasteiger partial charge on any atom is 0.139 e. The highest BCUT2D eigenvalue weighted by atomic mass is 19.1. The van der Waals surface area contributed by atoms with Crippen molar-refractivity contribution in [2.45, 2.75) is 52.4 Å². The molecule has 3 aromatic carbocycles. The normalized spacial score (nSPS) is 10.1. The second-order valence-electron chi connectivity index (χ2n) is 7.86. The molecule has 0 radical (unpaired) electrons. The third-order valence-electron chi connectivity index (χ3n) is 5.37. The van der Waals surface area contributed by atoms with E-state index < -0.39 is 0 Å². The number of hydrogen-bond acceptors (Lipinski definition) is 0. The van der Waals surface area contributed by atoms with E-state index in [4.69, 9.17) is 0 Å². The molecule has 0 aliphatic carbocycles. The highest BCUT2D eigenvalue weighted by molar-refractivity contribution is 5.48. The maximum atomic E-state index is 14.3. The summed E-state index contributed by atoms with van der Waals surface area (Å²) in [7, 11) is 0. The van der Waals surface area contributed by atoms with Gasteiger partial charge in [-0.15, -0.1) is 0 Å². The second-order valence-corrected chi connectivity index (χ2v) is 7.86. The van der Waals surface area contributed by atoms with Crippen LogP contribution >= 0.6 is 0 Å². The van der Waals surface area contributed by atoms with Crippen LogP contribution in [0.1, 0.15) is 72.9 Å². The molecule has 0 nitrogen and oxygen atoms in total. The summed E-state index contributed by atoms with van der Waals surface area (Å²) in [5, 5.41) is 0. The molecule has 0 heterocycles. The highest BCUT2D eigenvalue weighted by Gasteiger charge is 2.03. The number of unbranched alkanes of at least 4 members (excludes halogenated alkanes) is 3. The average molecular weight is 427 g/mol. The molecule has 0 amide bonds. The lowest BCUT2D eigenvalue weighted by Gasteiger charge is -2.03. The molecular weight excluding hydrogens is 398 g/mol. The Morgan fingerprint density at radius 3 is 1.91 bits per heavy atom. The van der Waals surface area contributed by atoms with E-state index in [0.29, 0.717) is 11.1 Å². The molecule has 162 valence electrons. The fourth-order valence-corrected chi connectivity index (χ4v) is 3.37. The smallest absolute Gasteiger partial charge is 0.139 e. The Balaban J connectivity index is 1.64. The summed E-state index contributed by atoms with van der Waals surface area (Å²) in [6.07, 6.45) is 6.09. The SMILES string of the molecule is CCCCCCc1ccc(C#Cc2ccc(C#Cc3ccc(CC)cc3F)cc2)cc1F. The first-order chi connectivity index (χ1) is 15.6. The van der Waals surface area contributed by atoms with Crippen LogP contribution in [0, 0.1) is 35.3 Å². The van der Waals surface area contributed by atoms with Gasteiger partial charge in [0.25, 0.3) is 0 Å². The quantitative estimate of drug-likeness (QED) is 0.284. The van der Waals surface area contributed by atoms with Gasteiger partial charge in [-0.1, -0.05) is 68.9 Å². The predicted octanol–water partition coefficient (Wildman–Crippen LogP) is 7.45. The Hall–Kier alpha value is -3.36. The van der Waals surface area contributed by atoms with Crippen LogP contribution in [0.25, 0.3) is 0 Å². The summed E-state index contributed by atoms with van der Waals surface area (Å²) in [5.41, 5.74) is 4.37. The molecule has 3 aromatic rings. The van der Waals surface area contributed by atoms with Crippen LogP contribution in [-0.2, 0) is 12.8 Å². The van der Waals surface area contributed by atoms with E-state index in [1.165, 1.54) is 25.0 Å². The van der Waals surface area contributed by atoms with Crippen LogP contribution in [0.15, 0.2) is 60.7 Å². The summed E-state index contributed by atoms with van der Waals surface area (Å²) >= 11 is 0. The summed E-state index contributed by atoms with van der Waals surface area (Å²) in [6.45, 7) is 4.16. The van der Waals surface area contributed by atoms with Crippen molar-refractivity contribution in [1.29, 1.82) is 0 Å². The van der Waals surface area contributed by atoms with Crippen LogP contribution in [0.5, 0.6) is 0 Å². The van der Waals surface area contributed by atoms with Crippen molar-refractivity contribution >= 4 is 0 Å². The molecule has 0 saturated carbocycles. The van der Waals surface area contributed by atoms with Gasteiger partial charge in [0, 0.05) is 16.7 Å². The number of aryl methyl sites for hydroxylation is 2. The van der Waals surface area contributed by atoms with Gasteiger partial charge in [0.1, 0.15) is 11.6 Å². The second kappa shape index (κ2) is 11.9. The van der Waals surface area contributed by atoms with Gasteiger partial charge in [-0.3, -0.25) is 0 Å². The lowest BCUT2D eigenvalue weighted by atomic mass is 10.0. The van der Waals surface area contributed by atoms with Gasteiger partial charge < -0.3 is 0 Å². The molecule has 0 N–H and O–H groups in total. The molecule has 0 aromatic heterocycles. The molecule has 32 heavy (non-hydrogen) atoms. The van der Waals surface area contributed by atoms with Gasteiger partial charge >= 0.3 is 0 Å². The number of benzene rings is 3. The third-order valence-corrected chi connectivity index (χ3v) is 5.37. The van der Waals surface area contributed by atoms with E-state index in [2.05, 4.69) is 30.6 Å². The van der Waals surface area contributed by atoms with Gasteiger partial charge in [0.15, 0.2) is 0 Å². The minimum Gasteiger partial charge on any atom is -0.207 e. The summed E-state index contributed by atoms with van der Waals surface area (Å²) in [6, 6.07) is 17.8. The van der Waals surface area contributed by atoms with Gasteiger partial charge in [0.2, 0.25) is 0 Å². The largest absolute Gasteiger partial charge is 0.207 e. The van der Waals surface area contributed by atoms with Gasteiger partial charge in [-0.25, -0.2) is 8.78 Å². The first-order valence-electron chi connectivity index (χ1n) is 11.3. The fraction of sp³-hybridized carbons (Fsp3) is 0.267. The third kappa shape index (κ3) is 6.83. The topological polar surface area (TPSA) is 0 Å². The average Bonchev–Trinajstić information content (AvgIpc) is 2.81. The molecule has 0 unspecified atom stereocenters. The fourth-order valence-electron chi connectivity index (χ4n) is 3.37. The maximum absolute atomic E-state index is 14.3. The zero-order valence-electron chi connectivity index (χ0n) is 18.8. The lowest BCUT2D eigenvalue weighted by molar-refractivity contribution is 0.593. The van der Waals surface area contributed by atoms with Crippen molar-refractivity contribution < 1.29 is 8.78 Å². The van der Waals surface area contributed by atoms with Crippen LogP contribution in [-0.4, -0.2) is 0 Å². The molecular formula is C30H28F2. The zero-order chi connectivity index (χ0) is 22.8. The lowest BCUT2D eigenvalue weighted by Crippen LogP contribution is -1.92. The van der Waals surface area contributed by atoms with Crippen molar-refractivity contribution in [2.24, 2.45) is 0 Å². The van der Waals surface area contributed by atoms with Crippen LogP contribution in [0.4, 0.5) is 8.78 Å². The summed E-state index contributed by atoms with van der Waals surface area (Å²) in [5.74, 6) is 11.5. The van der Waals surface area contributed by atoms with E-state index in [-0.39, 0.29) is 11.6 Å². The first-order valence-corrected chi connectivity index (χ1v) is 11.3. The molecule has 0 fully saturated rings.